The number of nitrogens with one attached hydrogen (secondary N) is 1. The molecule has 1 aromatic rings. The van der Waals surface area contributed by atoms with E-state index < -0.39 is 0 Å². The Balaban J connectivity index is 2.17. The first-order valence-electron chi connectivity index (χ1n) is 6.31. The molecule has 0 aliphatic carbocycles. The Kier molecular flexibility index (Phi) is 6.93. The Morgan fingerprint density at radius 1 is 1.35 bits per heavy atom. The second-order valence-electron chi connectivity index (χ2n) is 4.03. The largest absolute Gasteiger partial charge is 0.467 e. The van der Waals surface area contributed by atoms with Crippen LogP contribution in [0.4, 0.5) is 0 Å². The maximum atomic E-state index is 5.59. The van der Waals surface area contributed by atoms with Gasteiger partial charge in [0, 0.05) is 18.7 Å². The summed E-state index contributed by atoms with van der Waals surface area (Å²) in [6, 6.07) is 2.04. The summed E-state index contributed by atoms with van der Waals surface area (Å²) in [5, 5.41) is 3.09. The van der Waals surface area contributed by atoms with Gasteiger partial charge in [-0.05, 0) is 26.2 Å². The van der Waals surface area contributed by atoms with E-state index in [4.69, 9.17) is 9.15 Å². The Bertz CT molecular complexity index is 295. The second kappa shape index (κ2) is 8.28. The van der Waals surface area contributed by atoms with Crippen LogP contribution in [0, 0.1) is 0 Å². The predicted octanol–water partition coefficient (Wildman–Crippen LogP) is 1.86. The third-order valence-corrected chi connectivity index (χ3v) is 2.78. The summed E-state index contributed by atoms with van der Waals surface area (Å²) in [6.45, 7) is 9.62. The van der Waals surface area contributed by atoms with Gasteiger partial charge in [-0.1, -0.05) is 13.8 Å². The lowest BCUT2D eigenvalue weighted by molar-refractivity contribution is 0.0844. The van der Waals surface area contributed by atoms with Gasteiger partial charge in [-0.3, -0.25) is 0 Å². The first kappa shape index (κ1) is 14.2. The van der Waals surface area contributed by atoms with Gasteiger partial charge in [0.05, 0.1) is 12.9 Å². The minimum absolute atomic E-state index is 0.560. The Morgan fingerprint density at radius 2 is 2.12 bits per heavy atom. The molecule has 0 spiro atoms. The van der Waals surface area contributed by atoms with E-state index in [2.05, 4.69) is 24.1 Å². The third-order valence-electron chi connectivity index (χ3n) is 2.78. The van der Waals surface area contributed by atoms with Crippen LogP contribution < -0.4 is 5.32 Å². The molecule has 1 heterocycles. The zero-order valence-electron chi connectivity index (χ0n) is 11.2. The van der Waals surface area contributed by atoms with Crippen molar-refractivity contribution in [2.75, 3.05) is 33.3 Å². The van der Waals surface area contributed by atoms with Crippen molar-refractivity contribution in [1.29, 1.82) is 0 Å². The SMILES string of the molecule is CCN(CC)CCOCc1cc(CNC)co1. The summed E-state index contributed by atoms with van der Waals surface area (Å²) < 4.78 is 11.0. The van der Waals surface area contributed by atoms with Gasteiger partial charge in [-0.15, -0.1) is 0 Å². The van der Waals surface area contributed by atoms with Crippen LogP contribution in [0.1, 0.15) is 25.2 Å². The molecule has 4 nitrogen and oxygen atoms in total. The number of likely N-dealkylation sites (N-methyl/N-ethyl adjacent to an activating group) is 1. The summed E-state index contributed by atoms with van der Waals surface area (Å²) >= 11 is 0. The van der Waals surface area contributed by atoms with E-state index in [1.165, 1.54) is 0 Å². The standard InChI is InChI=1S/C13H24N2O2/c1-4-15(5-2)6-7-16-11-13-8-12(9-14-3)10-17-13/h8,10,14H,4-7,9,11H2,1-3H3. The van der Waals surface area contributed by atoms with Crippen molar-refractivity contribution in [3.05, 3.63) is 23.7 Å². The van der Waals surface area contributed by atoms with Crippen LogP contribution >= 0.6 is 0 Å². The molecule has 0 aromatic carbocycles. The maximum absolute atomic E-state index is 5.59. The topological polar surface area (TPSA) is 37.6 Å². The lowest BCUT2D eigenvalue weighted by atomic mass is 10.3. The Labute approximate surface area is 104 Å². The van der Waals surface area contributed by atoms with Crippen molar-refractivity contribution >= 4 is 0 Å². The molecule has 98 valence electrons. The van der Waals surface area contributed by atoms with E-state index in [0.717, 1.165) is 44.1 Å². The number of nitrogens with zero attached hydrogens (tertiary/aromatic N) is 1. The van der Waals surface area contributed by atoms with Crippen LogP contribution in [0.25, 0.3) is 0 Å². The van der Waals surface area contributed by atoms with E-state index in [0.29, 0.717) is 6.61 Å². The highest BCUT2D eigenvalue weighted by molar-refractivity contribution is 5.11. The number of ether oxygens (including phenoxy) is 1. The monoisotopic (exact) mass is 240 g/mol. The van der Waals surface area contributed by atoms with Crippen molar-refractivity contribution in [3.63, 3.8) is 0 Å². The van der Waals surface area contributed by atoms with Gasteiger partial charge in [0.25, 0.3) is 0 Å². The smallest absolute Gasteiger partial charge is 0.129 e. The summed E-state index contributed by atoms with van der Waals surface area (Å²) in [6.07, 6.45) is 1.78. The maximum Gasteiger partial charge on any atom is 0.129 e. The second-order valence-corrected chi connectivity index (χ2v) is 4.03. The number of furan rings is 1. The quantitative estimate of drug-likeness (QED) is 0.669. The number of hydrogen-bond acceptors (Lipinski definition) is 4. The van der Waals surface area contributed by atoms with E-state index in [1.54, 1.807) is 6.26 Å². The van der Waals surface area contributed by atoms with Crippen molar-refractivity contribution in [3.8, 4) is 0 Å². The molecule has 0 amide bonds. The first-order valence-corrected chi connectivity index (χ1v) is 6.31. The van der Waals surface area contributed by atoms with Crippen LogP contribution in [0.15, 0.2) is 16.7 Å². The van der Waals surface area contributed by atoms with Gasteiger partial charge in [0.2, 0.25) is 0 Å². The minimum Gasteiger partial charge on any atom is -0.467 e. The average Bonchev–Trinajstić information content (AvgIpc) is 2.78. The molecule has 17 heavy (non-hydrogen) atoms. The fourth-order valence-electron chi connectivity index (χ4n) is 1.70. The van der Waals surface area contributed by atoms with Gasteiger partial charge in [-0.2, -0.15) is 0 Å². The minimum atomic E-state index is 0.560. The van der Waals surface area contributed by atoms with Gasteiger partial charge in [0.1, 0.15) is 12.4 Å². The molecule has 0 bridgehead atoms. The number of rotatable bonds is 9. The van der Waals surface area contributed by atoms with E-state index in [-0.39, 0.29) is 0 Å². The highest BCUT2D eigenvalue weighted by Gasteiger charge is 2.02. The molecule has 1 rings (SSSR count). The molecule has 0 unspecified atom stereocenters. The zero-order valence-corrected chi connectivity index (χ0v) is 11.2. The fraction of sp³-hybridized carbons (Fsp3) is 0.692. The predicted molar refractivity (Wildman–Crippen MR) is 68.9 cm³/mol. The summed E-state index contributed by atoms with van der Waals surface area (Å²) in [5.41, 5.74) is 1.16. The first-order chi connectivity index (χ1) is 8.30. The van der Waals surface area contributed by atoms with Crippen molar-refractivity contribution in [1.82, 2.24) is 10.2 Å². The van der Waals surface area contributed by atoms with Gasteiger partial charge in [0.15, 0.2) is 0 Å². The number of hydrogen-bond donors (Lipinski definition) is 1. The van der Waals surface area contributed by atoms with Crippen molar-refractivity contribution < 1.29 is 9.15 Å². The van der Waals surface area contributed by atoms with Crippen LogP contribution in [-0.2, 0) is 17.9 Å². The Hall–Kier alpha value is -0.840. The molecule has 0 fully saturated rings. The van der Waals surface area contributed by atoms with Gasteiger partial charge >= 0.3 is 0 Å². The molecule has 4 heteroatoms. The lowest BCUT2D eigenvalue weighted by Crippen LogP contribution is -2.26. The van der Waals surface area contributed by atoms with E-state index in [1.807, 2.05) is 13.1 Å². The molecule has 1 N–H and O–H groups in total. The van der Waals surface area contributed by atoms with Crippen LogP contribution in [-0.4, -0.2) is 38.2 Å². The average molecular weight is 240 g/mol. The lowest BCUT2D eigenvalue weighted by Gasteiger charge is -2.17. The summed E-state index contributed by atoms with van der Waals surface area (Å²) in [4.78, 5) is 2.34. The fourth-order valence-corrected chi connectivity index (χ4v) is 1.70. The molecule has 0 aliphatic rings. The van der Waals surface area contributed by atoms with Crippen LogP contribution in [0.3, 0.4) is 0 Å². The van der Waals surface area contributed by atoms with Crippen molar-refractivity contribution in [2.24, 2.45) is 0 Å². The molecule has 0 aliphatic heterocycles. The van der Waals surface area contributed by atoms with E-state index in [9.17, 15) is 0 Å². The molecular weight excluding hydrogens is 216 g/mol. The highest BCUT2D eigenvalue weighted by Crippen LogP contribution is 2.08. The normalized spacial score (nSPS) is 11.3. The van der Waals surface area contributed by atoms with Gasteiger partial charge < -0.3 is 19.4 Å². The molecule has 0 atom stereocenters. The summed E-state index contributed by atoms with van der Waals surface area (Å²) in [5.74, 6) is 0.898. The molecule has 1 aromatic heterocycles. The molecular formula is C13H24N2O2. The molecule has 0 saturated heterocycles. The highest BCUT2D eigenvalue weighted by atomic mass is 16.5. The van der Waals surface area contributed by atoms with Crippen LogP contribution in [0.5, 0.6) is 0 Å². The van der Waals surface area contributed by atoms with Gasteiger partial charge in [-0.25, -0.2) is 0 Å². The summed E-state index contributed by atoms with van der Waals surface area (Å²) in [7, 11) is 1.92. The molecule has 0 saturated carbocycles. The van der Waals surface area contributed by atoms with E-state index >= 15 is 0 Å². The van der Waals surface area contributed by atoms with Crippen LogP contribution in [0.2, 0.25) is 0 Å². The Morgan fingerprint density at radius 3 is 2.76 bits per heavy atom. The van der Waals surface area contributed by atoms with Crippen molar-refractivity contribution in [2.45, 2.75) is 27.0 Å². The third kappa shape index (κ3) is 5.35. The zero-order chi connectivity index (χ0) is 12.5. The molecule has 0 radical (unpaired) electrons.